The normalized spacial score (nSPS) is 10.7. The van der Waals surface area contributed by atoms with E-state index in [0.29, 0.717) is 63.9 Å². The molecular weight excluding hydrogens is 310 g/mol. The van der Waals surface area contributed by atoms with Crippen LogP contribution in [0.3, 0.4) is 0 Å². The lowest BCUT2D eigenvalue weighted by Crippen LogP contribution is -2.18. The van der Waals surface area contributed by atoms with Gasteiger partial charge in [0.05, 0.1) is 26.4 Å². The van der Waals surface area contributed by atoms with Gasteiger partial charge >= 0.3 is 0 Å². The highest BCUT2D eigenvalue weighted by molar-refractivity contribution is 5.42. The molecule has 1 rings (SSSR count). The van der Waals surface area contributed by atoms with Crippen LogP contribution in [0.5, 0.6) is 0 Å². The van der Waals surface area contributed by atoms with Crippen molar-refractivity contribution in [1.29, 1.82) is 0 Å². The van der Waals surface area contributed by atoms with Gasteiger partial charge in [-0.2, -0.15) is 15.0 Å². The van der Waals surface area contributed by atoms with Crippen LogP contribution in [0.2, 0.25) is 0 Å². The second kappa shape index (κ2) is 12.5. The van der Waals surface area contributed by atoms with Gasteiger partial charge in [0, 0.05) is 25.7 Å². The molecule has 0 saturated carbocycles. The van der Waals surface area contributed by atoms with Gasteiger partial charge in [-0.05, 0) is 13.8 Å². The van der Waals surface area contributed by atoms with Gasteiger partial charge in [0.2, 0.25) is 17.8 Å². The highest BCUT2D eigenvalue weighted by atomic mass is 16.5. The van der Waals surface area contributed by atoms with Gasteiger partial charge in [-0.15, -0.1) is 6.58 Å². The van der Waals surface area contributed by atoms with E-state index in [1.807, 2.05) is 13.8 Å². The summed E-state index contributed by atoms with van der Waals surface area (Å²) in [5, 5.41) is 9.35. The molecule has 24 heavy (non-hydrogen) atoms. The Morgan fingerprint density at radius 2 is 1.62 bits per heavy atom. The fraction of sp³-hybridized carbons (Fsp3) is 0.667. The Morgan fingerprint density at radius 3 is 2.25 bits per heavy atom. The van der Waals surface area contributed by atoms with Crippen LogP contribution >= 0.6 is 0 Å². The summed E-state index contributed by atoms with van der Waals surface area (Å²) in [6.45, 7) is 11.6. The van der Waals surface area contributed by atoms with Crippen molar-refractivity contribution in [2.45, 2.75) is 19.9 Å². The molecule has 0 fully saturated rings. The first-order valence-electron chi connectivity index (χ1n) is 8.12. The van der Waals surface area contributed by atoms with Crippen molar-refractivity contribution >= 4 is 17.8 Å². The number of aromatic nitrogens is 3. The predicted molar refractivity (Wildman–Crippen MR) is 96.5 cm³/mol. The number of ether oxygens (including phenoxy) is 2. The fourth-order valence-electron chi connectivity index (χ4n) is 1.66. The summed E-state index contributed by atoms with van der Waals surface area (Å²) in [5.74, 6) is 1.50. The van der Waals surface area contributed by atoms with Crippen molar-refractivity contribution in [2.75, 3.05) is 62.0 Å². The van der Waals surface area contributed by atoms with Crippen LogP contribution in [0, 0.1) is 0 Å². The number of anilines is 3. The van der Waals surface area contributed by atoms with Gasteiger partial charge in [0.15, 0.2) is 0 Å². The summed E-state index contributed by atoms with van der Waals surface area (Å²) < 4.78 is 10.7. The maximum atomic E-state index is 5.45. The van der Waals surface area contributed by atoms with E-state index in [0.717, 1.165) is 0 Å². The van der Waals surface area contributed by atoms with E-state index in [1.165, 1.54) is 0 Å². The molecule has 9 heteroatoms. The highest BCUT2D eigenvalue weighted by Crippen LogP contribution is 2.10. The van der Waals surface area contributed by atoms with E-state index in [9.17, 15) is 0 Å². The van der Waals surface area contributed by atoms with Crippen LogP contribution in [0.4, 0.5) is 17.8 Å². The van der Waals surface area contributed by atoms with Crippen molar-refractivity contribution in [3.05, 3.63) is 12.7 Å². The van der Waals surface area contributed by atoms with E-state index in [-0.39, 0.29) is 6.04 Å². The van der Waals surface area contributed by atoms with Gasteiger partial charge in [0.1, 0.15) is 0 Å². The molecule has 0 bridgehead atoms. The monoisotopic (exact) mass is 339 g/mol. The molecule has 136 valence electrons. The minimum Gasteiger partial charge on any atom is -0.378 e. The van der Waals surface area contributed by atoms with Gasteiger partial charge in [0.25, 0.3) is 0 Å². The van der Waals surface area contributed by atoms with Crippen LogP contribution in [0.25, 0.3) is 0 Å². The van der Waals surface area contributed by atoms with Crippen molar-refractivity contribution in [1.82, 2.24) is 15.0 Å². The van der Waals surface area contributed by atoms with Crippen LogP contribution in [0.15, 0.2) is 12.7 Å². The molecule has 5 N–H and O–H groups in total. The zero-order valence-electron chi connectivity index (χ0n) is 14.5. The summed E-state index contributed by atoms with van der Waals surface area (Å²) >= 11 is 0. The largest absolute Gasteiger partial charge is 0.378 e. The van der Waals surface area contributed by atoms with Crippen LogP contribution < -0.4 is 21.7 Å². The summed E-state index contributed by atoms with van der Waals surface area (Å²) in [4.78, 5) is 13.0. The molecule has 9 nitrogen and oxygen atoms in total. The Morgan fingerprint density at radius 1 is 1.00 bits per heavy atom. The van der Waals surface area contributed by atoms with E-state index in [4.69, 9.17) is 15.2 Å². The standard InChI is InChI=1S/C15H29N7O2/c1-4-6-17-13-20-14(22-15(21-13)19-12(2)3)18-7-9-24-11-10-23-8-5-16/h4,12H,1,5-11,16H2,2-3H3,(H3,17,18,19,20,21,22). The van der Waals surface area contributed by atoms with Crippen molar-refractivity contribution in [2.24, 2.45) is 5.73 Å². The molecule has 0 aliphatic heterocycles. The average Bonchev–Trinajstić information content (AvgIpc) is 2.54. The molecule has 0 aliphatic carbocycles. The number of rotatable bonds is 14. The molecule has 0 saturated heterocycles. The van der Waals surface area contributed by atoms with Crippen molar-refractivity contribution < 1.29 is 9.47 Å². The Bertz CT molecular complexity index is 471. The number of hydrogen-bond donors (Lipinski definition) is 4. The number of nitrogens with one attached hydrogen (secondary N) is 3. The molecule has 1 heterocycles. The molecule has 0 amide bonds. The lowest BCUT2D eigenvalue weighted by Gasteiger charge is -2.12. The number of hydrogen-bond acceptors (Lipinski definition) is 9. The third-order valence-corrected chi connectivity index (χ3v) is 2.62. The molecule has 0 spiro atoms. The van der Waals surface area contributed by atoms with Gasteiger partial charge in [-0.25, -0.2) is 0 Å². The van der Waals surface area contributed by atoms with Crippen LogP contribution in [-0.4, -0.2) is 67.1 Å². The van der Waals surface area contributed by atoms with Gasteiger partial charge in [-0.1, -0.05) is 6.08 Å². The van der Waals surface area contributed by atoms with E-state index in [1.54, 1.807) is 6.08 Å². The number of nitrogens with two attached hydrogens (primary N) is 1. The average molecular weight is 339 g/mol. The van der Waals surface area contributed by atoms with Gasteiger partial charge < -0.3 is 31.2 Å². The predicted octanol–water partition coefficient (Wildman–Crippen LogP) is 0.694. The second-order valence-electron chi connectivity index (χ2n) is 5.22. The fourth-order valence-corrected chi connectivity index (χ4v) is 1.66. The summed E-state index contributed by atoms with van der Waals surface area (Å²) in [5.41, 5.74) is 5.33. The zero-order chi connectivity index (χ0) is 17.6. The summed E-state index contributed by atoms with van der Waals surface area (Å²) in [6, 6.07) is 0.226. The summed E-state index contributed by atoms with van der Waals surface area (Å²) in [7, 11) is 0. The van der Waals surface area contributed by atoms with Crippen LogP contribution in [0.1, 0.15) is 13.8 Å². The van der Waals surface area contributed by atoms with Crippen molar-refractivity contribution in [3.8, 4) is 0 Å². The minimum absolute atomic E-state index is 0.226. The third-order valence-electron chi connectivity index (χ3n) is 2.62. The topological polar surface area (TPSA) is 119 Å². The van der Waals surface area contributed by atoms with E-state index in [2.05, 4.69) is 37.5 Å². The maximum absolute atomic E-state index is 5.45. The van der Waals surface area contributed by atoms with E-state index >= 15 is 0 Å². The SMILES string of the molecule is C=CCNc1nc(NCCOCCOCCN)nc(NC(C)C)n1. The molecule has 0 aliphatic rings. The molecule has 0 radical (unpaired) electrons. The minimum atomic E-state index is 0.226. The van der Waals surface area contributed by atoms with Gasteiger partial charge in [-0.3, -0.25) is 0 Å². The smallest absolute Gasteiger partial charge is 0.229 e. The lowest BCUT2D eigenvalue weighted by molar-refractivity contribution is 0.0547. The van der Waals surface area contributed by atoms with Crippen LogP contribution in [-0.2, 0) is 9.47 Å². The van der Waals surface area contributed by atoms with Crippen molar-refractivity contribution in [3.63, 3.8) is 0 Å². The Balaban J connectivity index is 2.42. The second-order valence-corrected chi connectivity index (χ2v) is 5.22. The Kier molecular flexibility index (Phi) is 10.4. The van der Waals surface area contributed by atoms with E-state index < -0.39 is 0 Å². The Labute approximate surface area is 143 Å². The molecule has 1 aromatic rings. The Hall–Kier alpha value is -1.97. The summed E-state index contributed by atoms with van der Waals surface area (Å²) in [6.07, 6.45) is 1.74. The first-order valence-corrected chi connectivity index (χ1v) is 8.12. The highest BCUT2D eigenvalue weighted by Gasteiger charge is 2.06. The first kappa shape index (κ1) is 20.1. The number of nitrogens with zero attached hydrogens (tertiary/aromatic N) is 3. The molecule has 0 unspecified atom stereocenters. The molecule has 1 aromatic heterocycles. The lowest BCUT2D eigenvalue weighted by atomic mass is 10.4. The molecule has 0 aromatic carbocycles. The zero-order valence-corrected chi connectivity index (χ0v) is 14.5. The quantitative estimate of drug-likeness (QED) is 0.287. The third kappa shape index (κ3) is 9.23. The first-order chi connectivity index (χ1) is 11.7. The molecular formula is C15H29N7O2. The molecule has 0 atom stereocenters. The maximum Gasteiger partial charge on any atom is 0.229 e.